The number of rotatable bonds is 6. The number of hydrogen-bond donors (Lipinski definition) is 0. The van der Waals surface area contributed by atoms with Gasteiger partial charge in [-0.3, -0.25) is 0 Å². The molecule has 0 N–H and O–H groups in total. The van der Waals surface area contributed by atoms with E-state index in [1.165, 1.54) is 39.2 Å². The summed E-state index contributed by atoms with van der Waals surface area (Å²) in [4.78, 5) is 16.3. The van der Waals surface area contributed by atoms with E-state index in [1.807, 2.05) is 0 Å². The third-order valence-electron chi connectivity index (χ3n) is 3.23. The second-order valence-electron chi connectivity index (χ2n) is 4.48. The molecule has 17 heavy (non-hydrogen) atoms. The van der Waals surface area contributed by atoms with Gasteiger partial charge in [-0.1, -0.05) is 37.3 Å². The Bertz CT molecular complexity index is 257. The molecule has 0 radical (unpaired) electrons. The van der Waals surface area contributed by atoms with Crippen LogP contribution in [0.15, 0.2) is 5.16 Å². The first-order valence-electron chi connectivity index (χ1n) is 6.55. The topological polar surface area (TPSA) is 47.9 Å². The molecule has 1 rings (SSSR count). The second-order valence-corrected chi connectivity index (χ2v) is 4.48. The molecule has 4 heteroatoms. The Balaban J connectivity index is 2.38. The third-order valence-corrected chi connectivity index (χ3v) is 3.23. The normalized spacial score (nSPS) is 17.9. The van der Waals surface area contributed by atoms with Gasteiger partial charge < -0.3 is 9.57 Å². The quantitative estimate of drug-likeness (QED) is 0.408. The fraction of sp³-hybridized carbons (Fsp3) is 0.846. The Morgan fingerprint density at radius 3 is 2.59 bits per heavy atom. The molecule has 0 aliphatic heterocycles. The molecule has 0 unspecified atom stereocenters. The van der Waals surface area contributed by atoms with Crippen molar-refractivity contribution in [3.05, 3.63) is 0 Å². The van der Waals surface area contributed by atoms with Gasteiger partial charge in [-0.15, -0.1) is 0 Å². The van der Waals surface area contributed by atoms with Gasteiger partial charge in [-0.25, -0.2) is 4.79 Å². The summed E-state index contributed by atoms with van der Waals surface area (Å²) in [5.41, 5.74) is 0.417. The van der Waals surface area contributed by atoms with Crippen molar-refractivity contribution in [1.82, 2.24) is 0 Å². The highest BCUT2D eigenvalue weighted by atomic mass is 16.6. The van der Waals surface area contributed by atoms with Crippen molar-refractivity contribution in [3.8, 4) is 0 Å². The molecule has 1 aliphatic rings. The molecular formula is C13H23NO3. The number of oxime groups is 1. The summed E-state index contributed by atoms with van der Waals surface area (Å²) in [5.74, 6) is 0.394. The molecule has 0 bridgehead atoms. The fourth-order valence-electron chi connectivity index (χ4n) is 2.33. The first-order chi connectivity index (χ1) is 8.27. The lowest BCUT2D eigenvalue weighted by Crippen LogP contribution is -2.19. The Kier molecular flexibility index (Phi) is 6.67. The lowest BCUT2D eigenvalue weighted by molar-refractivity contribution is -0.135. The Morgan fingerprint density at radius 1 is 1.29 bits per heavy atom. The SMILES string of the molecule is CCOC(=O)/C(CCC1CCCCC1)=N\OC. The van der Waals surface area contributed by atoms with E-state index in [0.717, 1.165) is 12.3 Å². The fourth-order valence-corrected chi connectivity index (χ4v) is 2.33. The molecule has 4 nitrogen and oxygen atoms in total. The van der Waals surface area contributed by atoms with Crippen LogP contribution in [0.1, 0.15) is 51.9 Å². The molecule has 0 amide bonds. The zero-order valence-corrected chi connectivity index (χ0v) is 10.9. The van der Waals surface area contributed by atoms with Crippen LogP contribution in [0.25, 0.3) is 0 Å². The van der Waals surface area contributed by atoms with Crippen LogP contribution in [0, 0.1) is 5.92 Å². The Morgan fingerprint density at radius 2 is 2.00 bits per heavy atom. The van der Waals surface area contributed by atoms with Crippen LogP contribution in [0.3, 0.4) is 0 Å². The smallest absolute Gasteiger partial charge is 0.356 e. The molecule has 1 fully saturated rings. The summed E-state index contributed by atoms with van der Waals surface area (Å²) in [7, 11) is 1.46. The molecule has 0 saturated heterocycles. The minimum atomic E-state index is -0.342. The second kappa shape index (κ2) is 8.09. The summed E-state index contributed by atoms with van der Waals surface area (Å²) in [6.07, 6.45) is 8.24. The number of nitrogens with zero attached hydrogens (tertiary/aromatic N) is 1. The predicted molar refractivity (Wildman–Crippen MR) is 66.9 cm³/mol. The molecular weight excluding hydrogens is 218 g/mol. The van der Waals surface area contributed by atoms with Gasteiger partial charge >= 0.3 is 5.97 Å². The average Bonchev–Trinajstić information content (AvgIpc) is 2.36. The predicted octanol–water partition coefficient (Wildman–Crippen LogP) is 2.91. The number of esters is 1. The van der Waals surface area contributed by atoms with Gasteiger partial charge in [0.25, 0.3) is 0 Å². The molecule has 0 atom stereocenters. The minimum Gasteiger partial charge on any atom is -0.461 e. The number of hydrogen-bond acceptors (Lipinski definition) is 4. The van der Waals surface area contributed by atoms with Crippen LogP contribution < -0.4 is 0 Å². The van der Waals surface area contributed by atoms with Crippen LogP contribution in [0.4, 0.5) is 0 Å². The van der Waals surface area contributed by atoms with E-state index in [9.17, 15) is 4.79 Å². The van der Waals surface area contributed by atoms with E-state index in [-0.39, 0.29) is 5.97 Å². The highest BCUT2D eigenvalue weighted by Gasteiger charge is 2.18. The minimum absolute atomic E-state index is 0.342. The lowest BCUT2D eigenvalue weighted by Gasteiger charge is -2.21. The van der Waals surface area contributed by atoms with E-state index in [4.69, 9.17) is 9.57 Å². The summed E-state index contributed by atoms with van der Waals surface area (Å²) in [5, 5.41) is 3.77. The Labute approximate surface area is 103 Å². The van der Waals surface area contributed by atoms with Crippen molar-refractivity contribution in [1.29, 1.82) is 0 Å². The van der Waals surface area contributed by atoms with Gasteiger partial charge in [-0.2, -0.15) is 0 Å². The molecule has 98 valence electrons. The van der Waals surface area contributed by atoms with Crippen LogP contribution in [-0.2, 0) is 14.4 Å². The van der Waals surface area contributed by atoms with Crippen molar-refractivity contribution >= 4 is 11.7 Å². The van der Waals surface area contributed by atoms with Gasteiger partial charge in [0.2, 0.25) is 0 Å². The Hall–Kier alpha value is -1.06. The van der Waals surface area contributed by atoms with E-state index in [2.05, 4.69) is 5.16 Å². The van der Waals surface area contributed by atoms with Crippen LogP contribution in [-0.4, -0.2) is 25.4 Å². The summed E-state index contributed by atoms with van der Waals surface area (Å²) in [6, 6.07) is 0. The van der Waals surface area contributed by atoms with Gasteiger partial charge in [0.1, 0.15) is 7.11 Å². The van der Waals surface area contributed by atoms with Crippen molar-refractivity contribution in [2.45, 2.75) is 51.9 Å². The van der Waals surface area contributed by atoms with Crippen molar-refractivity contribution in [2.24, 2.45) is 11.1 Å². The van der Waals surface area contributed by atoms with Gasteiger partial charge in [0.15, 0.2) is 5.71 Å². The maximum absolute atomic E-state index is 11.6. The third kappa shape index (κ3) is 5.20. The van der Waals surface area contributed by atoms with Gasteiger partial charge in [0.05, 0.1) is 6.61 Å². The number of ether oxygens (including phenoxy) is 1. The van der Waals surface area contributed by atoms with E-state index >= 15 is 0 Å². The van der Waals surface area contributed by atoms with Crippen LogP contribution in [0.5, 0.6) is 0 Å². The van der Waals surface area contributed by atoms with Gasteiger partial charge in [-0.05, 0) is 19.3 Å². The van der Waals surface area contributed by atoms with Crippen molar-refractivity contribution in [2.75, 3.05) is 13.7 Å². The number of carbonyl (C=O) groups excluding carboxylic acids is 1. The lowest BCUT2D eigenvalue weighted by atomic mass is 9.85. The van der Waals surface area contributed by atoms with Crippen molar-refractivity contribution < 1.29 is 14.4 Å². The first kappa shape index (κ1) is 14.0. The van der Waals surface area contributed by atoms with E-state index in [0.29, 0.717) is 18.7 Å². The molecule has 1 aliphatic carbocycles. The standard InChI is InChI=1S/C13H23NO3/c1-3-17-13(15)12(14-16-2)10-9-11-7-5-4-6-8-11/h11H,3-10H2,1-2H3/b14-12-. The molecule has 0 heterocycles. The molecule has 0 spiro atoms. The van der Waals surface area contributed by atoms with E-state index < -0.39 is 0 Å². The monoisotopic (exact) mass is 241 g/mol. The van der Waals surface area contributed by atoms with Crippen LogP contribution in [0.2, 0.25) is 0 Å². The van der Waals surface area contributed by atoms with E-state index in [1.54, 1.807) is 6.92 Å². The summed E-state index contributed by atoms with van der Waals surface area (Å²) < 4.78 is 4.95. The summed E-state index contributed by atoms with van der Waals surface area (Å²) >= 11 is 0. The molecule has 0 aromatic heterocycles. The molecule has 1 saturated carbocycles. The largest absolute Gasteiger partial charge is 0.461 e. The summed E-state index contributed by atoms with van der Waals surface area (Å²) in [6.45, 7) is 2.18. The van der Waals surface area contributed by atoms with Crippen LogP contribution >= 0.6 is 0 Å². The highest BCUT2D eigenvalue weighted by molar-refractivity contribution is 6.36. The molecule has 0 aromatic carbocycles. The highest BCUT2D eigenvalue weighted by Crippen LogP contribution is 2.27. The maximum atomic E-state index is 11.6. The number of carbonyl (C=O) groups is 1. The average molecular weight is 241 g/mol. The van der Waals surface area contributed by atoms with Crippen molar-refractivity contribution in [3.63, 3.8) is 0 Å². The zero-order valence-electron chi connectivity index (χ0n) is 10.9. The first-order valence-corrected chi connectivity index (χ1v) is 6.55. The maximum Gasteiger partial charge on any atom is 0.356 e. The molecule has 0 aromatic rings. The van der Waals surface area contributed by atoms with Gasteiger partial charge in [0, 0.05) is 6.42 Å². The zero-order chi connectivity index (χ0) is 12.5.